The lowest BCUT2D eigenvalue weighted by atomic mass is 9.67. The monoisotopic (exact) mass is 267 g/mol. The van der Waals surface area contributed by atoms with Gasteiger partial charge in [-0.05, 0) is 30.7 Å². The normalized spacial score (nSPS) is 19.3. The number of hydrogen-bond acceptors (Lipinski definition) is 2. The third kappa shape index (κ3) is 3.05. The summed E-state index contributed by atoms with van der Waals surface area (Å²) in [5.74, 6) is 0. The van der Waals surface area contributed by atoms with Gasteiger partial charge < -0.3 is 10.4 Å². The van der Waals surface area contributed by atoms with Gasteiger partial charge in [0.05, 0.1) is 6.10 Å². The Bertz CT molecular complexity index is 384. The molecule has 0 saturated heterocycles. The fraction of sp³-hybridized carbons (Fsp3) is 0.600. The highest BCUT2D eigenvalue weighted by atomic mass is 35.5. The van der Waals surface area contributed by atoms with Gasteiger partial charge in [0.1, 0.15) is 0 Å². The van der Waals surface area contributed by atoms with Crippen molar-refractivity contribution in [2.24, 2.45) is 5.41 Å². The maximum absolute atomic E-state index is 10.1. The molecule has 0 aliphatic heterocycles. The molecule has 0 heterocycles. The lowest BCUT2D eigenvalue weighted by Gasteiger charge is -2.41. The van der Waals surface area contributed by atoms with Crippen LogP contribution >= 0.6 is 11.6 Å². The van der Waals surface area contributed by atoms with Gasteiger partial charge in [0, 0.05) is 23.7 Å². The summed E-state index contributed by atoms with van der Waals surface area (Å²) in [7, 11) is 0. The summed E-state index contributed by atoms with van der Waals surface area (Å²) in [5.41, 5.74) is 1.30. The van der Waals surface area contributed by atoms with Crippen molar-refractivity contribution < 1.29 is 5.11 Å². The van der Waals surface area contributed by atoms with Crippen molar-refractivity contribution in [1.82, 2.24) is 5.32 Å². The summed E-state index contributed by atoms with van der Waals surface area (Å²) >= 11 is 6.07. The highest BCUT2D eigenvalue weighted by molar-refractivity contribution is 6.31. The van der Waals surface area contributed by atoms with E-state index in [0.29, 0.717) is 17.0 Å². The molecule has 1 aliphatic rings. The van der Waals surface area contributed by atoms with Gasteiger partial charge in [-0.3, -0.25) is 0 Å². The number of rotatable bonds is 6. The van der Waals surface area contributed by atoms with Crippen LogP contribution in [0.1, 0.15) is 44.3 Å². The van der Waals surface area contributed by atoms with E-state index in [-0.39, 0.29) is 0 Å². The van der Waals surface area contributed by atoms with Crippen LogP contribution in [0.5, 0.6) is 0 Å². The van der Waals surface area contributed by atoms with Crippen LogP contribution in [0.4, 0.5) is 0 Å². The second kappa shape index (κ2) is 6.05. The Kier molecular flexibility index (Phi) is 4.66. The van der Waals surface area contributed by atoms with Crippen molar-refractivity contribution in [2.45, 2.75) is 38.7 Å². The maximum atomic E-state index is 10.1. The third-order valence-electron chi connectivity index (χ3n) is 4.27. The van der Waals surface area contributed by atoms with E-state index in [9.17, 15) is 5.11 Å². The number of nitrogens with one attached hydrogen (secondary N) is 1. The number of aliphatic hydroxyl groups excluding tert-OH is 1. The number of benzene rings is 1. The van der Waals surface area contributed by atoms with E-state index in [4.69, 9.17) is 11.6 Å². The van der Waals surface area contributed by atoms with E-state index in [1.807, 2.05) is 24.3 Å². The van der Waals surface area contributed by atoms with Gasteiger partial charge in [-0.15, -0.1) is 0 Å². The van der Waals surface area contributed by atoms with Gasteiger partial charge >= 0.3 is 0 Å². The maximum Gasteiger partial charge on any atom is 0.0928 e. The zero-order valence-electron chi connectivity index (χ0n) is 11.0. The Labute approximate surface area is 114 Å². The molecule has 0 amide bonds. The molecule has 2 nitrogen and oxygen atoms in total. The first-order valence-corrected chi connectivity index (χ1v) is 7.18. The average Bonchev–Trinajstić information content (AvgIpc) is 2.33. The first-order valence-electron chi connectivity index (χ1n) is 6.80. The summed E-state index contributed by atoms with van der Waals surface area (Å²) < 4.78 is 0. The summed E-state index contributed by atoms with van der Waals surface area (Å²) in [5, 5.41) is 14.2. The van der Waals surface area contributed by atoms with Gasteiger partial charge in [0.2, 0.25) is 0 Å². The molecule has 1 aliphatic carbocycles. The SMILES string of the molecule is CCC1(CNCC(O)c2ccccc2Cl)CCC1. The van der Waals surface area contributed by atoms with Crippen LogP contribution < -0.4 is 5.32 Å². The van der Waals surface area contributed by atoms with Gasteiger partial charge in [-0.25, -0.2) is 0 Å². The molecular weight excluding hydrogens is 246 g/mol. The third-order valence-corrected chi connectivity index (χ3v) is 4.61. The molecule has 2 N–H and O–H groups in total. The van der Waals surface area contributed by atoms with Crippen molar-refractivity contribution in [2.75, 3.05) is 13.1 Å². The molecule has 3 heteroatoms. The first kappa shape index (κ1) is 13.9. The average molecular weight is 268 g/mol. The van der Waals surface area contributed by atoms with Crippen LogP contribution in [-0.2, 0) is 0 Å². The minimum atomic E-state index is -0.521. The Morgan fingerprint density at radius 1 is 1.39 bits per heavy atom. The molecule has 1 atom stereocenters. The summed E-state index contributed by atoms with van der Waals surface area (Å²) in [4.78, 5) is 0. The minimum Gasteiger partial charge on any atom is -0.387 e. The number of aliphatic hydroxyl groups is 1. The lowest BCUT2D eigenvalue weighted by molar-refractivity contribution is 0.110. The highest BCUT2D eigenvalue weighted by Gasteiger charge is 2.34. The Balaban J connectivity index is 1.82. The van der Waals surface area contributed by atoms with E-state index in [2.05, 4.69) is 12.2 Å². The molecule has 18 heavy (non-hydrogen) atoms. The molecule has 1 aromatic rings. The number of halogens is 1. The van der Waals surface area contributed by atoms with E-state index >= 15 is 0 Å². The molecule has 0 aromatic heterocycles. The molecule has 1 saturated carbocycles. The van der Waals surface area contributed by atoms with Gasteiger partial charge in [0.25, 0.3) is 0 Å². The van der Waals surface area contributed by atoms with Crippen LogP contribution in [0.3, 0.4) is 0 Å². The molecule has 1 fully saturated rings. The van der Waals surface area contributed by atoms with Crippen molar-refractivity contribution in [1.29, 1.82) is 0 Å². The highest BCUT2D eigenvalue weighted by Crippen LogP contribution is 2.43. The molecular formula is C15H22ClNO. The zero-order valence-corrected chi connectivity index (χ0v) is 11.7. The summed E-state index contributed by atoms with van der Waals surface area (Å²) in [6.07, 6.45) is 4.69. The van der Waals surface area contributed by atoms with Crippen LogP contribution in [0.25, 0.3) is 0 Å². The zero-order chi connectivity index (χ0) is 13.0. The molecule has 1 unspecified atom stereocenters. The van der Waals surface area contributed by atoms with Crippen LogP contribution in [-0.4, -0.2) is 18.2 Å². The van der Waals surface area contributed by atoms with Crippen molar-refractivity contribution in [3.05, 3.63) is 34.9 Å². The van der Waals surface area contributed by atoms with Crippen LogP contribution in [0, 0.1) is 5.41 Å². The van der Waals surface area contributed by atoms with Gasteiger partial charge in [-0.2, -0.15) is 0 Å². The van der Waals surface area contributed by atoms with E-state index < -0.39 is 6.10 Å². The smallest absolute Gasteiger partial charge is 0.0928 e. The molecule has 0 bridgehead atoms. The first-order chi connectivity index (χ1) is 8.67. The second-order valence-corrected chi connectivity index (χ2v) is 5.78. The van der Waals surface area contributed by atoms with Crippen LogP contribution in [0.15, 0.2) is 24.3 Å². The quantitative estimate of drug-likeness (QED) is 0.826. The topological polar surface area (TPSA) is 32.3 Å². The Morgan fingerprint density at radius 2 is 2.11 bits per heavy atom. The van der Waals surface area contributed by atoms with Crippen molar-refractivity contribution in [3.63, 3.8) is 0 Å². The molecule has 0 radical (unpaired) electrons. The second-order valence-electron chi connectivity index (χ2n) is 5.38. The van der Waals surface area contributed by atoms with Gasteiger partial charge in [0.15, 0.2) is 0 Å². The molecule has 2 rings (SSSR count). The van der Waals surface area contributed by atoms with Crippen molar-refractivity contribution in [3.8, 4) is 0 Å². The number of hydrogen-bond donors (Lipinski definition) is 2. The predicted molar refractivity (Wildman–Crippen MR) is 75.9 cm³/mol. The summed E-state index contributed by atoms with van der Waals surface area (Å²) in [6, 6.07) is 7.49. The van der Waals surface area contributed by atoms with E-state index in [1.54, 1.807) is 0 Å². The van der Waals surface area contributed by atoms with Crippen LogP contribution in [0.2, 0.25) is 5.02 Å². The molecule has 100 valence electrons. The van der Waals surface area contributed by atoms with Crippen molar-refractivity contribution >= 4 is 11.6 Å². The Hall–Kier alpha value is -0.570. The predicted octanol–water partition coefficient (Wildman–Crippen LogP) is 3.54. The summed E-state index contributed by atoms with van der Waals surface area (Å²) in [6.45, 7) is 3.84. The lowest BCUT2D eigenvalue weighted by Crippen LogP contribution is -2.40. The van der Waals surface area contributed by atoms with Gasteiger partial charge in [-0.1, -0.05) is 43.1 Å². The van der Waals surface area contributed by atoms with E-state index in [0.717, 1.165) is 12.1 Å². The fourth-order valence-electron chi connectivity index (χ4n) is 2.66. The fourth-order valence-corrected chi connectivity index (χ4v) is 2.92. The molecule has 0 spiro atoms. The minimum absolute atomic E-state index is 0.486. The standard InChI is InChI=1S/C15H22ClNO/c1-2-15(8-5-9-15)11-17-10-14(18)12-6-3-4-7-13(12)16/h3-4,6-7,14,17-18H,2,5,8-11H2,1H3. The Morgan fingerprint density at radius 3 is 2.67 bits per heavy atom. The molecule has 1 aromatic carbocycles. The largest absolute Gasteiger partial charge is 0.387 e. The van der Waals surface area contributed by atoms with E-state index in [1.165, 1.54) is 25.7 Å².